The summed E-state index contributed by atoms with van der Waals surface area (Å²) in [6.45, 7) is 4.26. The van der Waals surface area contributed by atoms with Gasteiger partial charge in [-0.15, -0.1) is 0 Å². The van der Waals surface area contributed by atoms with Gasteiger partial charge < -0.3 is 18.9 Å². The summed E-state index contributed by atoms with van der Waals surface area (Å²) in [5, 5.41) is 0. The van der Waals surface area contributed by atoms with E-state index in [2.05, 4.69) is 0 Å². The van der Waals surface area contributed by atoms with E-state index in [0.29, 0.717) is 13.2 Å². The Morgan fingerprint density at radius 1 is 0.952 bits per heavy atom. The minimum absolute atomic E-state index is 0.0380. The van der Waals surface area contributed by atoms with Gasteiger partial charge in [-0.25, -0.2) is 0 Å². The highest BCUT2D eigenvalue weighted by Gasteiger charge is 2.45. The lowest BCUT2D eigenvalue weighted by atomic mass is 9.91. The van der Waals surface area contributed by atoms with Crippen molar-refractivity contribution in [1.29, 1.82) is 0 Å². The first kappa shape index (κ1) is 15.7. The number of hydrogen-bond donors (Lipinski definition) is 0. The molecule has 0 aromatic rings. The van der Waals surface area contributed by atoms with Gasteiger partial charge in [0.25, 0.3) is 0 Å². The smallest absolute Gasteiger partial charge is 0.184 e. The normalized spacial score (nSPS) is 38.1. The summed E-state index contributed by atoms with van der Waals surface area (Å²) in [6.07, 6.45) is 10.6. The average Bonchev–Trinajstić information content (AvgIpc) is 2.87. The third-order valence-corrected chi connectivity index (χ3v) is 5.07. The zero-order valence-electron chi connectivity index (χ0n) is 13.3. The van der Waals surface area contributed by atoms with Gasteiger partial charge in [-0.1, -0.05) is 32.1 Å². The molecule has 4 atom stereocenters. The largest absolute Gasteiger partial charge is 0.375 e. The number of ether oxygens (including phenoxy) is 4. The second kappa shape index (κ2) is 7.91. The van der Waals surface area contributed by atoms with Gasteiger partial charge >= 0.3 is 0 Å². The molecule has 1 aliphatic carbocycles. The highest BCUT2D eigenvalue weighted by molar-refractivity contribution is 4.88. The first-order valence-electron chi connectivity index (χ1n) is 8.87. The van der Waals surface area contributed by atoms with Crippen molar-refractivity contribution < 1.29 is 18.9 Å². The van der Waals surface area contributed by atoms with Gasteiger partial charge in [0.1, 0.15) is 12.2 Å². The molecular formula is C17H30O4. The molecule has 3 rings (SSSR count). The Bertz CT molecular complexity index is 301. The summed E-state index contributed by atoms with van der Waals surface area (Å²) in [4.78, 5) is 0. The first-order valence-corrected chi connectivity index (χ1v) is 8.87. The minimum atomic E-state index is -0.170. The molecule has 2 bridgehead atoms. The van der Waals surface area contributed by atoms with Gasteiger partial charge in [0.2, 0.25) is 0 Å². The highest BCUT2D eigenvalue weighted by Crippen LogP contribution is 2.32. The van der Waals surface area contributed by atoms with E-state index in [1.807, 2.05) is 6.92 Å². The highest BCUT2D eigenvalue weighted by atomic mass is 16.8. The molecule has 2 saturated heterocycles. The van der Waals surface area contributed by atoms with Crippen LogP contribution in [0.5, 0.6) is 0 Å². The van der Waals surface area contributed by atoms with E-state index < -0.39 is 0 Å². The molecule has 1 saturated carbocycles. The maximum atomic E-state index is 6.24. The molecule has 122 valence electrons. The average molecular weight is 298 g/mol. The van der Waals surface area contributed by atoms with Crippen LogP contribution in [0.25, 0.3) is 0 Å². The Labute approximate surface area is 128 Å². The standard InChI is InChI=1S/C17H30O4/c1-2-18-15-10-14(16-12-20-17(15)21-16)19-11-13-8-6-4-3-5-7-9-13/h13-17H,2-12H2,1H3/t14-,15+,16+,17?/m0/s1. The number of fused-ring (bicyclic) bond motifs is 2. The van der Waals surface area contributed by atoms with E-state index in [0.717, 1.165) is 18.9 Å². The van der Waals surface area contributed by atoms with Crippen molar-refractivity contribution in [2.45, 2.75) is 82.9 Å². The topological polar surface area (TPSA) is 36.9 Å². The summed E-state index contributed by atoms with van der Waals surface area (Å²) in [6, 6.07) is 0. The zero-order chi connectivity index (χ0) is 14.5. The van der Waals surface area contributed by atoms with Crippen LogP contribution in [0.4, 0.5) is 0 Å². The van der Waals surface area contributed by atoms with E-state index in [4.69, 9.17) is 18.9 Å². The molecule has 4 nitrogen and oxygen atoms in total. The first-order chi connectivity index (χ1) is 10.4. The van der Waals surface area contributed by atoms with Crippen LogP contribution in [0.3, 0.4) is 0 Å². The second-order valence-corrected chi connectivity index (χ2v) is 6.69. The van der Waals surface area contributed by atoms with Crippen LogP contribution in [0.15, 0.2) is 0 Å². The lowest BCUT2D eigenvalue weighted by molar-refractivity contribution is -0.206. The maximum Gasteiger partial charge on any atom is 0.184 e. The fraction of sp³-hybridized carbons (Fsp3) is 1.00. The van der Waals surface area contributed by atoms with Crippen molar-refractivity contribution in [3.63, 3.8) is 0 Å². The van der Waals surface area contributed by atoms with E-state index in [1.165, 1.54) is 44.9 Å². The third-order valence-electron chi connectivity index (χ3n) is 5.07. The van der Waals surface area contributed by atoms with Crippen LogP contribution in [0, 0.1) is 5.92 Å². The van der Waals surface area contributed by atoms with Crippen LogP contribution in [0.1, 0.15) is 58.3 Å². The molecule has 1 unspecified atom stereocenters. The summed E-state index contributed by atoms with van der Waals surface area (Å²) in [7, 11) is 0. The SMILES string of the molecule is CCO[C@@H]1C[C@H](OCC2CCCCCCC2)[C@H]2COC1O2. The molecule has 0 spiro atoms. The summed E-state index contributed by atoms with van der Waals surface area (Å²) >= 11 is 0. The Morgan fingerprint density at radius 2 is 1.71 bits per heavy atom. The van der Waals surface area contributed by atoms with E-state index in [-0.39, 0.29) is 24.6 Å². The molecule has 4 heteroatoms. The molecular weight excluding hydrogens is 268 g/mol. The van der Waals surface area contributed by atoms with Crippen LogP contribution in [-0.4, -0.2) is 44.4 Å². The van der Waals surface area contributed by atoms with Gasteiger partial charge in [-0.2, -0.15) is 0 Å². The fourth-order valence-electron chi connectivity index (χ4n) is 3.83. The van der Waals surface area contributed by atoms with Gasteiger partial charge in [-0.05, 0) is 25.7 Å². The Kier molecular flexibility index (Phi) is 5.92. The monoisotopic (exact) mass is 298 g/mol. The molecule has 3 fully saturated rings. The summed E-state index contributed by atoms with van der Waals surface area (Å²) in [5.41, 5.74) is 0. The molecule has 0 N–H and O–H groups in total. The molecule has 0 amide bonds. The molecule has 2 aliphatic heterocycles. The molecule has 3 aliphatic rings. The van der Waals surface area contributed by atoms with E-state index in [9.17, 15) is 0 Å². The summed E-state index contributed by atoms with van der Waals surface area (Å²) in [5.74, 6) is 0.732. The van der Waals surface area contributed by atoms with E-state index >= 15 is 0 Å². The van der Waals surface area contributed by atoms with Crippen molar-refractivity contribution in [3.05, 3.63) is 0 Å². The Balaban J connectivity index is 1.47. The van der Waals surface area contributed by atoms with Gasteiger partial charge in [0.05, 0.1) is 12.7 Å². The van der Waals surface area contributed by atoms with E-state index in [1.54, 1.807) is 0 Å². The van der Waals surface area contributed by atoms with Gasteiger partial charge in [0.15, 0.2) is 6.29 Å². The number of hydrogen-bond acceptors (Lipinski definition) is 4. The Morgan fingerprint density at radius 3 is 2.48 bits per heavy atom. The lowest BCUT2D eigenvalue weighted by Gasteiger charge is -2.34. The predicted octanol–water partition coefficient (Wildman–Crippen LogP) is 3.28. The second-order valence-electron chi connectivity index (χ2n) is 6.69. The van der Waals surface area contributed by atoms with Gasteiger partial charge in [0, 0.05) is 19.6 Å². The quantitative estimate of drug-likeness (QED) is 0.780. The molecule has 0 aromatic heterocycles. The Hall–Kier alpha value is -0.160. The van der Waals surface area contributed by atoms with Crippen LogP contribution < -0.4 is 0 Å². The zero-order valence-corrected chi connectivity index (χ0v) is 13.3. The predicted molar refractivity (Wildman–Crippen MR) is 80.2 cm³/mol. The lowest BCUT2D eigenvalue weighted by Crippen LogP contribution is -2.45. The van der Waals surface area contributed by atoms with Crippen molar-refractivity contribution >= 4 is 0 Å². The van der Waals surface area contributed by atoms with Gasteiger partial charge in [-0.3, -0.25) is 0 Å². The maximum absolute atomic E-state index is 6.24. The minimum Gasteiger partial charge on any atom is -0.375 e. The molecule has 21 heavy (non-hydrogen) atoms. The molecule has 0 radical (unpaired) electrons. The molecule has 0 aromatic carbocycles. The fourth-order valence-corrected chi connectivity index (χ4v) is 3.83. The van der Waals surface area contributed by atoms with Crippen LogP contribution in [-0.2, 0) is 18.9 Å². The van der Waals surface area contributed by atoms with Crippen molar-refractivity contribution in [2.24, 2.45) is 5.92 Å². The van der Waals surface area contributed by atoms with Crippen LogP contribution >= 0.6 is 0 Å². The number of rotatable bonds is 5. The third kappa shape index (κ3) is 4.19. The van der Waals surface area contributed by atoms with Crippen molar-refractivity contribution in [2.75, 3.05) is 19.8 Å². The summed E-state index contributed by atoms with van der Waals surface area (Å²) < 4.78 is 23.5. The molecule has 2 heterocycles. The van der Waals surface area contributed by atoms with Crippen molar-refractivity contribution in [1.82, 2.24) is 0 Å². The van der Waals surface area contributed by atoms with Crippen LogP contribution in [0.2, 0.25) is 0 Å². The van der Waals surface area contributed by atoms with Crippen molar-refractivity contribution in [3.8, 4) is 0 Å².